The van der Waals surface area contributed by atoms with Crippen molar-refractivity contribution < 1.29 is 14.6 Å². The van der Waals surface area contributed by atoms with Crippen molar-refractivity contribution in [3.8, 4) is 17.6 Å². The quantitative estimate of drug-likeness (QED) is 0.934. The first-order chi connectivity index (χ1) is 9.10. The Morgan fingerprint density at radius 3 is 2.68 bits per heavy atom. The molecule has 0 heterocycles. The molecule has 94 valence electrons. The van der Waals surface area contributed by atoms with E-state index in [1.807, 2.05) is 6.07 Å². The highest BCUT2D eigenvalue weighted by Crippen LogP contribution is 2.30. The van der Waals surface area contributed by atoms with Gasteiger partial charge in [0.2, 0.25) is 0 Å². The van der Waals surface area contributed by atoms with Gasteiger partial charge in [-0.25, -0.2) is 4.79 Å². The first-order valence-corrected chi connectivity index (χ1v) is 6.10. The van der Waals surface area contributed by atoms with Gasteiger partial charge in [-0.05, 0) is 52.3 Å². The van der Waals surface area contributed by atoms with E-state index in [9.17, 15) is 4.79 Å². The van der Waals surface area contributed by atoms with Crippen LogP contribution in [0.3, 0.4) is 0 Å². The molecule has 0 amide bonds. The Morgan fingerprint density at radius 2 is 2.05 bits per heavy atom. The van der Waals surface area contributed by atoms with E-state index in [0.717, 1.165) is 0 Å². The van der Waals surface area contributed by atoms with Gasteiger partial charge in [0.15, 0.2) is 0 Å². The van der Waals surface area contributed by atoms with Crippen LogP contribution >= 0.6 is 15.9 Å². The molecule has 2 aromatic carbocycles. The van der Waals surface area contributed by atoms with Crippen LogP contribution in [0.4, 0.5) is 0 Å². The van der Waals surface area contributed by atoms with E-state index in [0.29, 0.717) is 21.5 Å². The minimum Gasteiger partial charge on any atom is -0.478 e. The van der Waals surface area contributed by atoms with Crippen LogP contribution in [-0.2, 0) is 0 Å². The molecule has 0 aromatic heterocycles. The highest BCUT2D eigenvalue weighted by atomic mass is 79.9. The number of hydrogen-bond donors (Lipinski definition) is 1. The highest BCUT2D eigenvalue weighted by Gasteiger charge is 2.07. The molecule has 2 rings (SSSR count). The fourth-order valence-electron chi connectivity index (χ4n) is 1.47. The third kappa shape index (κ3) is 3.12. The Bertz CT molecular complexity index is 677. The molecule has 0 unspecified atom stereocenters. The summed E-state index contributed by atoms with van der Waals surface area (Å²) < 4.78 is 6.21. The van der Waals surface area contributed by atoms with E-state index in [1.165, 1.54) is 12.1 Å². The molecule has 0 atom stereocenters. The average Bonchev–Trinajstić information content (AvgIpc) is 2.41. The molecule has 0 saturated heterocycles. The topological polar surface area (TPSA) is 70.3 Å². The summed E-state index contributed by atoms with van der Waals surface area (Å²) in [7, 11) is 0. The number of benzene rings is 2. The molecule has 0 aliphatic carbocycles. The Balaban J connectivity index is 2.29. The SMILES string of the molecule is N#Cc1ccc(Oc2cccc(C(=O)O)c2)c(Br)c1. The van der Waals surface area contributed by atoms with Crippen molar-refractivity contribution in [2.45, 2.75) is 0 Å². The van der Waals surface area contributed by atoms with Crippen LogP contribution in [-0.4, -0.2) is 11.1 Å². The predicted octanol–water partition coefficient (Wildman–Crippen LogP) is 3.81. The second-order valence-corrected chi connectivity index (χ2v) is 4.55. The molecule has 0 fully saturated rings. The zero-order valence-corrected chi connectivity index (χ0v) is 11.2. The third-order valence-corrected chi connectivity index (χ3v) is 2.99. The van der Waals surface area contributed by atoms with E-state index in [4.69, 9.17) is 15.1 Å². The minimum absolute atomic E-state index is 0.155. The van der Waals surface area contributed by atoms with Gasteiger partial charge < -0.3 is 9.84 Å². The maximum atomic E-state index is 10.9. The normalized spacial score (nSPS) is 9.68. The minimum atomic E-state index is -1.01. The maximum Gasteiger partial charge on any atom is 0.335 e. The summed E-state index contributed by atoms with van der Waals surface area (Å²) in [4.78, 5) is 10.9. The van der Waals surface area contributed by atoms with E-state index in [2.05, 4.69) is 15.9 Å². The molecule has 0 saturated carbocycles. The molecule has 0 aliphatic heterocycles. The lowest BCUT2D eigenvalue weighted by atomic mass is 10.2. The van der Waals surface area contributed by atoms with Crippen LogP contribution in [0, 0.1) is 11.3 Å². The summed E-state index contributed by atoms with van der Waals surface area (Å²) >= 11 is 3.30. The standard InChI is InChI=1S/C14H8BrNO3/c15-12-6-9(8-16)4-5-13(12)19-11-3-1-2-10(7-11)14(17)18/h1-7H,(H,17,18). The first-order valence-electron chi connectivity index (χ1n) is 5.31. The lowest BCUT2D eigenvalue weighted by Gasteiger charge is -2.08. The third-order valence-electron chi connectivity index (χ3n) is 2.37. The molecule has 5 heteroatoms. The summed E-state index contributed by atoms with van der Waals surface area (Å²) in [6.07, 6.45) is 0. The van der Waals surface area contributed by atoms with Gasteiger partial charge in [-0.15, -0.1) is 0 Å². The van der Waals surface area contributed by atoms with E-state index >= 15 is 0 Å². The summed E-state index contributed by atoms with van der Waals surface area (Å²) in [5.41, 5.74) is 0.667. The van der Waals surface area contributed by atoms with Crippen molar-refractivity contribution in [3.05, 3.63) is 58.1 Å². The van der Waals surface area contributed by atoms with Gasteiger partial charge >= 0.3 is 5.97 Å². The summed E-state index contributed by atoms with van der Waals surface area (Å²) in [6, 6.07) is 13.1. The molecule has 0 spiro atoms. The number of hydrogen-bond acceptors (Lipinski definition) is 3. The molecular formula is C14H8BrNO3. The van der Waals surface area contributed by atoms with E-state index in [1.54, 1.807) is 30.3 Å². The molecule has 4 nitrogen and oxygen atoms in total. The van der Waals surface area contributed by atoms with Gasteiger partial charge in [0.1, 0.15) is 11.5 Å². The van der Waals surface area contributed by atoms with E-state index in [-0.39, 0.29) is 5.56 Å². The number of aromatic carboxylic acids is 1. The lowest BCUT2D eigenvalue weighted by molar-refractivity contribution is 0.0696. The number of nitriles is 1. The number of carboxylic acids is 1. The van der Waals surface area contributed by atoms with Gasteiger partial charge in [0.25, 0.3) is 0 Å². The smallest absolute Gasteiger partial charge is 0.335 e. The van der Waals surface area contributed by atoms with Crippen molar-refractivity contribution in [1.29, 1.82) is 5.26 Å². The molecule has 0 bridgehead atoms. The van der Waals surface area contributed by atoms with Crippen molar-refractivity contribution in [2.24, 2.45) is 0 Å². The monoisotopic (exact) mass is 317 g/mol. The second kappa shape index (κ2) is 5.55. The Hall–Kier alpha value is -2.32. The average molecular weight is 318 g/mol. The largest absolute Gasteiger partial charge is 0.478 e. The number of carboxylic acid groups (broad SMARTS) is 1. The predicted molar refractivity (Wildman–Crippen MR) is 72.3 cm³/mol. The zero-order valence-electron chi connectivity index (χ0n) is 9.63. The summed E-state index contributed by atoms with van der Waals surface area (Å²) in [5.74, 6) is -0.0730. The van der Waals surface area contributed by atoms with Gasteiger partial charge in [-0.3, -0.25) is 0 Å². The van der Waals surface area contributed by atoms with Crippen molar-refractivity contribution in [3.63, 3.8) is 0 Å². The Labute approximate surface area is 118 Å². The molecular weight excluding hydrogens is 310 g/mol. The molecule has 0 aliphatic rings. The fourth-order valence-corrected chi connectivity index (χ4v) is 1.93. The van der Waals surface area contributed by atoms with Crippen LogP contribution in [0.2, 0.25) is 0 Å². The zero-order chi connectivity index (χ0) is 13.8. The lowest BCUT2D eigenvalue weighted by Crippen LogP contribution is -1.96. The maximum absolute atomic E-state index is 10.9. The number of ether oxygens (including phenoxy) is 1. The first kappa shape index (κ1) is 13.1. The van der Waals surface area contributed by atoms with Gasteiger partial charge in [-0.2, -0.15) is 5.26 Å². The molecule has 1 N–H and O–H groups in total. The second-order valence-electron chi connectivity index (χ2n) is 3.69. The molecule has 2 aromatic rings. The summed E-state index contributed by atoms with van der Waals surface area (Å²) in [6.45, 7) is 0. The fraction of sp³-hybridized carbons (Fsp3) is 0. The summed E-state index contributed by atoms with van der Waals surface area (Å²) in [5, 5.41) is 17.7. The van der Waals surface area contributed by atoms with Crippen LogP contribution in [0.25, 0.3) is 0 Å². The van der Waals surface area contributed by atoms with E-state index < -0.39 is 5.97 Å². The van der Waals surface area contributed by atoms with Crippen LogP contribution in [0.1, 0.15) is 15.9 Å². The Morgan fingerprint density at radius 1 is 1.26 bits per heavy atom. The number of carbonyl (C=O) groups is 1. The number of nitrogens with zero attached hydrogens (tertiary/aromatic N) is 1. The number of halogens is 1. The highest BCUT2D eigenvalue weighted by molar-refractivity contribution is 9.10. The molecule has 19 heavy (non-hydrogen) atoms. The Kier molecular flexibility index (Phi) is 3.83. The molecule has 0 radical (unpaired) electrons. The van der Waals surface area contributed by atoms with Crippen LogP contribution in [0.15, 0.2) is 46.9 Å². The van der Waals surface area contributed by atoms with Crippen LogP contribution < -0.4 is 4.74 Å². The van der Waals surface area contributed by atoms with Gasteiger partial charge in [0.05, 0.1) is 21.7 Å². The van der Waals surface area contributed by atoms with Gasteiger partial charge in [0, 0.05) is 0 Å². The van der Waals surface area contributed by atoms with Crippen molar-refractivity contribution in [2.75, 3.05) is 0 Å². The van der Waals surface area contributed by atoms with Crippen molar-refractivity contribution >= 4 is 21.9 Å². The van der Waals surface area contributed by atoms with Crippen molar-refractivity contribution in [1.82, 2.24) is 0 Å². The van der Waals surface area contributed by atoms with Gasteiger partial charge in [-0.1, -0.05) is 6.07 Å². The van der Waals surface area contributed by atoms with Crippen LogP contribution in [0.5, 0.6) is 11.5 Å². The number of rotatable bonds is 3.